The number of hydrogen-bond donors (Lipinski definition) is 2. The largest absolute Gasteiger partial charge is 0.420 e. The molecule has 0 aliphatic heterocycles. The van der Waals surface area contributed by atoms with Crippen molar-refractivity contribution < 1.29 is 22.7 Å². The van der Waals surface area contributed by atoms with Gasteiger partial charge in [-0.15, -0.1) is 0 Å². The lowest BCUT2D eigenvalue weighted by Gasteiger charge is -2.17. The van der Waals surface area contributed by atoms with Gasteiger partial charge in [0.2, 0.25) is 0 Å². The van der Waals surface area contributed by atoms with Gasteiger partial charge in [0.1, 0.15) is 17.7 Å². The first-order valence-electron chi connectivity index (χ1n) is 9.98. The number of methoxy groups -OCH3 is 1. The van der Waals surface area contributed by atoms with Gasteiger partial charge in [0.25, 0.3) is 0 Å². The van der Waals surface area contributed by atoms with Crippen molar-refractivity contribution in [3.8, 4) is 5.82 Å². The van der Waals surface area contributed by atoms with Gasteiger partial charge >= 0.3 is 12.2 Å². The molecule has 0 unspecified atom stereocenters. The number of alkyl halides is 3. The summed E-state index contributed by atoms with van der Waals surface area (Å²) in [5.74, 6) is -0.171. The van der Waals surface area contributed by atoms with Crippen LogP contribution in [0.1, 0.15) is 35.7 Å². The molecular weight excluding hydrogens is 455 g/mol. The van der Waals surface area contributed by atoms with Crippen molar-refractivity contribution in [3.05, 3.63) is 53.6 Å². The molecule has 0 aliphatic rings. The molecule has 0 radical (unpaired) electrons. The third kappa shape index (κ3) is 4.52. The first-order valence-corrected chi connectivity index (χ1v) is 9.98. The number of amides is 2. The summed E-state index contributed by atoms with van der Waals surface area (Å²) < 4.78 is 48.9. The summed E-state index contributed by atoms with van der Waals surface area (Å²) in [6.45, 7) is 5.11. The van der Waals surface area contributed by atoms with Crippen LogP contribution in [0.25, 0.3) is 11.5 Å². The minimum absolute atomic E-state index is 0.169. The number of halogens is 3. The van der Waals surface area contributed by atoms with Crippen LogP contribution < -0.4 is 10.6 Å². The van der Waals surface area contributed by atoms with E-state index in [1.165, 1.54) is 13.3 Å². The number of anilines is 2. The van der Waals surface area contributed by atoms with Gasteiger partial charge in [-0.1, -0.05) is 0 Å². The predicted octanol–water partition coefficient (Wildman–Crippen LogP) is 3.69. The van der Waals surface area contributed by atoms with Crippen LogP contribution in [0.5, 0.6) is 0 Å². The molecule has 0 fully saturated rings. The van der Waals surface area contributed by atoms with Crippen molar-refractivity contribution in [1.82, 2.24) is 34.3 Å². The third-order valence-electron chi connectivity index (χ3n) is 4.91. The highest BCUT2D eigenvalue weighted by Gasteiger charge is 2.36. The van der Waals surface area contributed by atoms with Crippen molar-refractivity contribution >= 4 is 23.1 Å². The molecule has 2 amide bonds. The van der Waals surface area contributed by atoms with Gasteiger partial charge in [-0.05, 0) is 26.8 Å². The molecule has 34 heavy (non-hydrogen) atoms. The SMILES string of the molecule is CO[C@@H](C)c1c(NC(=O)Nc2cnc(-n3cnc(C)n3)c(C(F)(F)F)c2)cnn2cc(C)nc12. The first kappa shape index (κ1) is 23.1. The monoisotopic (exact) mass is 475 g/mol. The molecule has 11 nitrogen and oxygen atoms in total. The minimum Gasteiger partial charge on any atom is -0.377 e. The van der Waals surface area contributed by atoms with E-state index in [9.17, 15) is 18.0 Å². The second kappa shape index (κ2) is 8.70. The third-order valence-corrected chi connectivity index (χ3v) is 4.91. The fraction of sp³-hybridized carbons (Fsp3) is 0.300. The number of carbonyl (C=O) groups excluding carboxylic acids is 1. The molecule has 1 atom stereocenters. The van der Waals surface area contributed by atoms with Crippen LogP contribution in [0.3, 0.4) is 0 Å². The summed E-state index contributed by atoms with van der Waals surface area (Å²) in [6.07, 6.45) is 0.156. The second-order valence-corrected chi connectivity index (χ2v) is 7.41. The van der Waals surface area contributed by atoms with Crippen LogP contribution >= 0.6 is 0 Å². The second-order valence-electron chi connectivity index (χ2n) is 7.41. The Morgan fingerprint density at radius 1 is 1.18 bits per heavy atom. The molecule has 4 heterocycles. The zero-order valence-corrected chi connectivity index (χ0v) is 18.5. The summed E-state index contributed by atoms with van der Waals surface area (Å²) in [4.78, 5) is 24.7. The number of rotatable bonds is 5. The molecule has 0 spiro atoms. The Hall–Kier alpha value is -4.07. The van der Waals surface area contributed by atoms with Crippen LogP contribution in [-0.4, -0.2) is 47.5 Å². The highest BCUT2D eigenvalue weighted by molar-refractivity contribution is 6.00. The number of nitrogens with zero attached hydrogens (tertiary/aromatic N) is 7. The van der Waals surface area contributed by atoms with Crippen molar-refractivity contribution in [2.75, 3.05) is 17.7 Å². The summed E-state index contributed by atoms with van der Waals surface area (Å²) in [5.41, 5.74) is 0.804. The average molecular weight is 475 g/mol. The van der Waals surface area contributed by atoms with E-state index < -0.39 is 29.7 Å². The maximum Gasteiger partial charge on any atom is 0.420 e. The van der Waals surface area contributed by atoms with E-state index in [1.807, 2.05) is 0 Å². The lowest BCUT2D eigenvalue weighted by molar-refractivity contribution is -0.137. The van der Waals surface area contributed by atoms with Crippen LogP contribution in [0, 0.1) is 13.8 Å². The molecule has 4 rings (SSSR count). The Bertz CT molecular complexity index is 1360. The summed E-state index contributed by atoms with van der Waals surface area (Å²) in [6, 6.07) is -0.0185. The van der Waals surface area contributed by atoms with Gasteiger partial charge in [-0.2, -0.15) is 23.4 Å². The Balaban J connectivity index is 1.63. The van der Waals surface area contributed by atoms with Crippen LogP contribution in [0.2, 0.25) is 0 Å². The molecule has 0 aliphatic carbocycles. The maximum absolute atomic E-state index is 13.7. The summed E-state index contributed by atoms with van der Waals surface area (Å²) >= 11 is 0. The number of aryl methyl sites for hydroxylation is 2. The Kier molecular flexibility index (Phi) is 5.91. The van der Waals surface area contributed by atoms with Crippen LogP contribution in [0.4, 0.5) is 29.3 Å². The molecule has 0 aromatic carbocycles. The Morgan fingerprint density at radius 2 is 1.94 bits per heavy atom. The van der Waals surface area contributed by atoms with E-state index in [4.69, 9.17) is 4.74 Å². The van der Waals surface area contributed by atoms with E-state index in [2.05, 4.69) is 35.8 Å². The zero-order valence-electron chi connectivity index (χ0n) is 18.5. The minimum atomic E-state index is -4.75. The average Bonchev–Trinajstić information content (AvgIpc) is 3.37. The molecule has 14 heteroatoms. The van der Waals surface area contributed by atoms with Crippen molar-refractivity contribution in [2.24, 2.45) is 0 Å². The molecule has 0 saturated carbocycles. The van der Waals surface area contributed by atoms with Crippen LogP contribution in [-0.2, 0) is 10.9 Å². The van der Waals surface area contributed by atoms with Gasteiger partial charge in [0.05, 0.1) is 47.3 Å². The number of fused-ring (bicyclic) bond motifs is 1. The molecule has 2 N–H and O–H groups in total. The van der Waals surface area contributed by atoms with Crippen molar-refractivity contribution in [2.45, 2.75) is 33.1 Å². The lowest BCUT2D eigenvalue weighted by Crippen LogP contribution is -2.22. The number of hydrogen-bond acceptors (Lipinski definition) is 7. The molecule has 178 valence electrons. The molecule has 4 aromatic rings. The lowest BCUT2D eigenvalue weighted by atomic mass is 10.1. The molecule has 0 bridgehead atoms. The quantitative estimate of drug-likeness (QED) is 0.451. The number of carbonyl (C=O) groups is 1. The number of urea groups is 1. The summed E-state index contributed by atoms with van der Waals surface area (Å²) in [5, 5.41) is 13.1. The van der Waals surface area contributed by atoms with E-state index in [1.54, 1.807) is 31.5 Å². The Labute approximate surface area is 191 Å². The summed E-state index contributed by atoms with van der Waals surface area (Å²) in [7, 11) is 1.50. The van der Waals surface area contributed by atoms with E-state index >= 15 is 0 Å². The van der Waals surface area contributed by atoms with Gasteiger partial charge in [0.15, 0.2) is 11.5 Å². The fourth-order valence-corrected chi connectivity index (χ4v) is 3.33. The topological polar surface area (TPSA) is 124 Å². The van der Waals surface area contributed by atoms with Gasteiger partial charge < -0.3 is 15.4 Å². The van der Waals surface area contributed by atoms with Gasteiger partial charge in [-0.25, -0.2) is 28.9 Å². The normalized spacial score (nSPS) is 12.7. The maximum atomic E-state index is 13.7. The highest BCUT2D eigenvalue weighted by atomic mass is 19.4. The van der Waals surface area contributed by atoms with E-state index in [0.717, 1.165) is 23.3 Å². The predicted molar refractivity (Wildman–Crippen MR) is 115 cm³/mol. The van der Waals surface area contributed by atoms with Crippen molar-refractivity contribution in [3.63, 3.8) is 0 Å². The fourth-order valence-electron chi connectivity index (χ4n) is 3.33. The standard InChI is InChI=1S/C20H20F3N9O2/c1-10-8-31-18(27-10)16(11(2)34-4)15(7-26-31)29-19(33)28-13-5-14(20(21,22)23)17(24-6-13)32-9-25-12(3)30-32/h5-9,11H,1-4H3,(H2,28,29,33)/t11-/m0/s1. The molecule has 4 aromatic heterocycles. The number of aromatic nitrogens is 7. The smallest absolute Gasteiger partial charge is 0.377 e. The number of imidazole rings is 1. The number of ether oxygens (including phenoxy) is 1. The first-order chi connectivity index (χ1) is 16.1. The number of nitrogens with one attached hydrogen (secondary N) is 2. The molecule has 0 saturated heterocycles. The van der Waals surface area contributed by atoms with E-state index in [0.29, 0.717) is 22.6 Å². The zero-order chi connectivity index (χ0) is 24.6. The van der Waals surface area contributed by atoms with Crippen molar-refractivity contribution in [1.29, 1.82) is 0 Å². The Morgan fingerprint density at radius 3 is 2.59 bits per heavy atom. The van der Waals surface area contributed by atoms with Gasteiger partial charge in [-0.3, -0.25) is 0 Å². The highest BCUT2D eigenvalue weighted by Crippen LogP contribution is 2.34. The van der Waals surface area contributed by atoms with Gasteiger partial charge in [0, 0.05) is 7.11 Å². The number of pyridine rings is 1. The van der Waals surface area contributed by atoms with Crippen LogP contribution in [0.15, 0.2) is 31.0 Å². The molecular formula is C20H20F3N9O2. The van der Waals surface area contributed by atoms with E-state index in [-0.39, 0.29) is 11.5 Å².